The van der Waals surface area contributed by atoms with Crippen molar-refractivity contribution in [1.29, 1.82) is 5.26 Å². The van der Waals surface area contributed by atoms with Crippen LogP contribution in [0.5, 0.6) is 0 Å². The fourth-order valence-electron chi connectivity index (χ4n) is 2.04. The molecular weight excluding hydrogens is 214 g/mol. The molecule has 16 heavy (non-hydrogen) atoms. The summed E-state index contributed by atoms with van der Waals surface area (Å²) in [5, 5.41) is 10.6. The Kier molecular flexibility index (Phi) is 4.89. The van der Waals surface area contributed by atoms with Crippen molar-refractivity contribution in [1.82, 2.24) is 0 Å². The normalized spacial score (nSPS) is 10.2. The van der Waals surface area contributed by atoms with E-state index < -0.39 is 0 Å². The van der Waals surface area contributed by atoms with E-state index in [1.807, 2.05) is 0 Å². The summed E-state index contributed by atoms with van der Waals surface area (Å²) in [6.45, 7) is 8.76. The van der Waals surface area contributed by atoms with Crippen molar-refractivity contribution >= 4 is 11.8 Å². The number of aryl methyl sites for hydroxylation is 2. The average Bonchev–Trinajstić information content (AvgIpc) is 2.25. The van der Waals surface area contributed by atoms with Gasteiger partial charge in [0.25, 0.3) is 0 Å². The molecule has 0 aliphatic carbocycles. The second-order valence-electron chi connectivity index (χ2n) is 4.28. The van der Waals surface area contributed by atoms with Crippen LogP contribution in [0.15, 0.2) is 6.07 Å². The number of thioether (sulfide) groups is 1. The molecule has 0 aliphatic heterocycles. The summed E-state index contributed by atoms with van der Waals surface area (Å²) in [5.41, 5.74) is 7.09. The molecule has 0 saturated heterocycles. The van der Waals surface area contributed by atoms with Gasteiger partial charge < -0.3 is 0 Å². The summed E-state index contributed by atoms with van der Waals surface area (Å²) >= 11 is 1.35. The molecule has 1 nitrogen and oxygen atoms in total. The van der Waals surface area contributed by atoms with Crippen LogP contribution in [0.3, 0.4) is 0 Å². The minimum Gasteiger partial charge on any atom is -0.185 e. The predicted molar refractivity (Wildman–Crippen MR) is 71.8 cm³/mol. The van der Waals surface area contributed by atoms with E-state index >= 15 is 0 Å². The van der Waals surface area contributed by atoms with Crippen molar-refractivity contribution in [2.24, 2.45) is 0 Å². The van der Waals surface area contributed by atoms with Crippen LogP contribution in [0.25, 0.3) is 0 Å². The van der Waals surface area contributed by atoms with Crippen molar-refractivity contribution in [2.75, 3.05) is 5.75 Å². The summed E-state index contributed by atoms with van der Waals surface area (Å²) < 4.78 is 0. The quantitative estimate of drug-likeness (QED) is 0.578. The Balaban J connectivity index is 2.83. The van der Waals surface area contributed by atoms with Gasteiger partial charge in [0, 0.05) is 5.75 Å². The first-order valence-electron chi connectivity index (χ1n) is 5.65. The van der Waals surface area contributed by atoms with E-state index in [0.29, 0.717) is 0 Å². The van der Waals surface area contributed by atoms with Gasteiger partial charge in [0.15, 0.2) is 0 Å². The fraction of sp³-hybridized carbons (Fsp3) is 0.500. The standard InChI is InChI=1S/C14H19NS/c1-10-8-11(2)13(4)14(12(10)3)6-5-7-16-9-15/h8H,5-7H2,1-4H3. The first-order chi connectivity index (χ1) is 7.57. The largest absolute Gasteiger partial charge is 0.185 e. The van der Waals surface area contributed by atoms with Gasteiger partial charge in [-0.05, 0) is 80.1 Å². The molecule has 1 aromatic rings. The third-order valence-electron chi connectivity index (χ3n) is 3.26. The number of hydrogen-bond acceptors (Lipinski definition) is 2. The zero-order valence-corrected chi connectivity index (χ0v) is 11.4. The smallest absolute Gasteiger partial charge is 0.133 e. The maximum Gasteiger partial charge on any atom is 0.133 e. The Labute approximate surface area is 103 Å². The summed E-state index contributed by atoms with van der Waals surface area (Å²) in [4.78, 5) is 0. The number of benzene rings is 1. The van der Waals surface area contributed by atoms with E-state index in [1.165, 1.54) is 39.6 Å². The third kappa shape index (κ3) is 3.02. The van der Waals surface area contributed by atoms with Gasteiger partial charge >= 0.3 is 0 Å². The first kappa shape index (κ1) is 13.1. The Hall–Kier alpha value is -0.940. The lowest BCUT2D eigenvalue weighted by Gasteiger charge is -2.14. The Morgan fingerprint density at radius 1 is 1.12 bits per heavy atom. The van der Waals surface area contributed by atoms with E-state index in [-0.39, 0.29) is 0 Å². The van der Waals surface area contributed by atoms with Crippen LogP contribution in [0.2, 0.25) is 0 Å². The van der Waals surface area contributed by atoms with Crippen LogP contribution in [0.1, 0.15) is 34.2 Å². The van der Waals surface area contributed by atoms with Crippen LogP contribution in [0, 0.1) is 38.4 Å². The molecular formula is C14H19NS. The first-order valence-corrected chi connectivity index (χ1v) is 6.63. The highest BCUT2D eigenvalue weighted by Crippen LogP contribution is 2.23. The van der Waals surface area contributed by atoms with Crippen molar-refractivity contribution in [3.05, 3.63) is 33.9 Å². The summed E-state index contributed by atoms with van der Waals surface area (Å²) in [6.07, 6.45) is 2.18. The summed E-state index contributed by atoms with van der Waals surface area (Å²) in [7, 11) is 0. The molecule has 0 heterocycles. The van der Waals surface area contributed by atoms with Gasteiger partial charge in [-0.3, -0.25) is 0 Å². The van der Waals surface area contributed by atoms with Gasteiger partial charge in [0.2, 0.25) is 0 Å². The van der Waals surface area contributed by atoms with Gasteiger partial charge in [0.05, 0.1) is 0 Å². The molecule has 2 heteroatoms. The molecule has 0 radical (unpaired) electrons. The van der Waals surface area contributed by atoms with Crippen LogP contribution in [-0.4, -0.2) is 5.75 Å². The highest BCUT2D eigenvalue weighted by atomic mass is 32.2. The van der Waals surface area contributed by atoms with Gasteiger partial charge in [-0.15, -0.1) is 0 Å². The van der Waals surface area contributed by atoms with Crippen LogP contribution in [0.4, 0.5) is 0 Å². The third-order valence-corrected chi connectivity index (χ3v) is 3.88. The number of hydrogen-bond donors (Lipinski definition) is 0. The number of nitriles is 1. The molecule has 0 bridgehead atoms. The van der Waals surface area contributed by atoms with Crippen LogP contribution < -0.4 is 0 Å². The van der Waals surface area contributed by atoms with Gasteiger partial charge in [0.1, 0.15) is 5.40 Å². The van der Waals surface area contributed by atoms with E-state index in [0.717, 1.165) is 18.6 Å². The molecule has 0 N–H and O–H groups in total. The lowest BCUT2D eigenvalue weighted by molar-refractivity contribution is 0.907. The van der Waals surface area contributed by atoms with Gasteiger partial charge in [-0.1, -0.05) is 6.07 Å². The summed E-state index contributed by atoms with van der Waals surface area (Å²) in [5.74, 6) is 0.933. The lowest BCUT2D eigenvalue weighted by Crippen LogP contribution is -2.00. The Morgan fingerprint density at radius 2 is 1.69 bits per heavy atom. The molecule has 0 spiro atoms. The molecule has 0 unspecified atom stereocenters. The minimum absolute atomic E-state index is 0.933. The number of thiocyanates is 1. The van der Waals surface area contributed by atoms with Crippen molar-refractivity contribution in [2.45, 2.75) is 40.5 Å². The summed E-state index contributed by atoms with van der Waals surface area (Å²) in [6, 6.07) is 2.26. The van der Waals surface area contributed by atoms with E-state index in [1.54, 1.807) is 0 Å². The van der Waals surface area contributed by atoms with Crippen molar-refractivity contribution < 1.29 is 0 Å². The second kappa shape index (κ2) is 5.96. The predicted octanol–water partition coefficient (Wildman–Crippen LogP) is 4.07. The molecule has 0 aliphatic rings. The van der Waals surface area contributed by atoms with Crippen molar-refractivity contribution in [3.63, 3.8) is 0 Å². The van der Waals surface area contributed by atoms with E-state index in [9.17, 15) is 0 Å². The maximum atomic E-state index is 8.47. The van der Waals surface area contributed by atoms with Gasteiger partial charge in [-0.25, -0.2) is 0 Å². The lowest BCUT2D eigenvalue weighted by atomic mass is 9.92. The molecule has 1 aromatic carbocycles. The minimum atomic E-state index is 0.933. The maximum absolute atomic E-state index is 8.47. The topological polar surface area (TPSA) is 23.8 Å². The molecule has 0 atom stereocenters. The van der Waals surface area contributed by atoms with Crippen molar-refractivity contribution in [3.8, 4) is 5.40 Å². The number of rotatable bonds is 4. The zero-order valence-electron chi connectivity index (χ0n) is 10.6. The van der Waals surface area contributed by atoms with Gasteiger partial charge in [-0.2, -0.15) is 5.26 Å². The Morgan fingerprint density at radius 3 is 2.19 bits per heavy atom. The molecule has 86 valence electrons. The monoisotopic (exact) mass is 233 g/mol. The fourth-order valence-corrected chi connectivity index (χ4v) is 2.42. The van der Waals surface area contributed by atoms with Crippen LogP contribution >= 0.6 is 11.8 Å². The second-order valence-corrected chi connectivity index (χ2v) is 5.16. The van der Waals surface area contributed by atoms with E-state index in [4.69, 9.17) is 5.26 Å². The molecule has 0 fully saturated rings. The SMILES string of the molecule is Cc1cc(C)c(C)c(CCCSC#N)c1C. The molecule has 1 rings (SSSR count). The number of nitrogens with zero attached hydrogens (tertiary/aromatic N) is 1. The average molecular weight is 233 g/mol. The van der Waals surface area contributed by atoms with E-state index in [2.05, 4.69) is 39.2 Å². The molecule has 0 aromatic heterocycles. The van der Waals surface area contributed by atoms with Crippen LogP contribution in [-0.2, 0) is 6.42 Å². The highest BCUT2D eigenvalue weighted by Gasteiger charge is 2.07. The molecule has 0 saturated carbocycles. The Bertz CT molecular complexity index is 389. The zero-order chi connectivity index (χ0) is 12.1. The highest BCUT2D eigenvalue weighted by molar-refractivity contribution is 8.03. The molecule has 0 amide bonds.